The zero-order valence-corrected chi connectivity index (χ0v) is 24.0. The number of aliphatic hydroxyl groups excluding tert-OH is 1. The van der Waals surface area contributed by atoms with E-state index in [0.29, 0.717) is 23.4 Å². The van der Waals surface area contributed by atoms with Gasteiger partial charge in [-0.1, -0.05) is 43.3 Å². The quantitative estimate of drug-likeness (QED) is 0.349. The highest BCUT2D eigenvalue weighted by molar-refractivity contribution is 6.05. The second kappa shape index (κ2) is 10.9. The molecule has 2 bridgehead atoms. The molecule has 5 rings (SSSR count). The van der Waals surface area contributed by atoms with Crippen molar-refractivity contribution in [3.63, 3.8) is 0 Å². The van der Waals surface area contributed by atoms with Crippen molar-refractivity contribution in [2.45, 2.75) is 50.5 Å². The molecule has 218 valence electrons. The molecule has 2 aromatic carbocycles. The standard InChI is InChI=1S/C32H38N2O7/c1-6-17-33(22-13-15-23(39-5)16-14-22)29(37)27-32-18-20(3)31(4,41-32)26(30(38)40-7-2)25(32)28(36)34(27)24(19-35)21-11-9-8-10-12-21/h6,8-16,20,24-27,35H,1,7,17-19H2,2-5H3/t20?,24-,25+,26+,27?,31-,32?/m1/s1. The molecule has 3 saturated heterocycles. The van der Waals surface area contributed by atoms with E-state index in [1.54, 1.807) is 49.3 Å². The lowest BCUT2D eigenvalue weighted by molar-refractivity contribution is -0.162. The minimum absolute atomic E-state index is 0.130. The number of carbonyl (C=O) groups is 3. The van der Waals surface area contributed by atoms with E-state index in [9.17, 15) is 19.5 Å². The van der Waals surface area contributed by atoms with Crippen LogP contribution in [0.4, 0.5) is 5.69 Å². The summed E-state index contributed by atoms with van der Waals surface area (Å²) in [6, 6.07) is 14.3. The fourth-order valence-electron chi connectivity index (χ4n) is 7.27. The van der Waals surface area contributed by atoms with E-state index in [1.165, 1.54) is 4.90 Å². The summed E-state index contributed by atoms with van der Waals surface area (Å²) >= 11 is 0. The molecule has 0 radical (unpaired) electrons. The number of hydrogen-bond acceptors (Lipinski definition) is 7. The summed E-state index contributed by atoms with van der Waals surface area (Å²) in [6.45, 7) is 9.33. The number of anilines is 1. The van der Waals surface area contributed by atoms with Gasteiger partial charge in [0.05, 0.1) is 37.9 Å². The van der Waals surface area contributed by atoms with Crippen LogP contribution in [0.3, 0.4) is 0 Å². The molecule has 1 N–H and O–H groups in total. The van der Waals surface area contributed by atoms with Crippen molar-refractivity contribution in [3.8, 4) is 5.75 Å². The van der Waals surface area contributed by atoms with Crippen LogP contribution in [0, 0.1) is 17.8 Å². The van der Waals surface area contributed by atoms with Gasteiger partial charge >= 0.3 is 5.97 Å². The van der Waals surface area contributed by atoms with Gasteiger partial charge in [0.1, 0.15) is 23.3 Å². The third kappa shape index (κ3) is 4.33. The van der Waals surface area contributed by atoms with Crippen molar-refractivity contribution in [2.24, 2.45) is 17.8 Å². The SMILES string of the molecule is C=CCN(C(=O)C1N([C@H](CO)c2ccccc2)C(=O)[C@@H]2[C@@H](C(=O)OCC)[C@]3(C)OC12CC3C)c1ccc(OC)cc1. The van der Waals surface area contributed by atoms with Gasteiger partial charge in [-0.15, -0.1) is 6.58 Å². The Hall–Kier alpha value is -3.69. The smallest absolute Gasteiger partial charge is 0.312 e. The molecule has 9 nitrogen and oxygen atoms in total. The summed E-state index contributed by atoms with van der Waals surface area (Å²) in [5.74, 6) is -2.59. The summed E-state index contributed by atoms with van der Waals surface area (Å²) in [7, 11) is 1.57. The molecule has 9 heteroatoms. The van der Waals surface area contributed by atoms with Crippen molar-refractivity contribution in [3.05, 3.63) is 72.8 Å². The first-order valence-corrected chi connectivity index (χ1v) is 14.1. The average Bonchev–Trinajstić information content (AvgIpc) is 3.49. The highest BCUT2D eigenvalue weighted by atomic mass is 16.6. The van der Waals surface area contributed by atoms with E-state index >= 15 is 0 Å². The van der Waals surface area contributed by atoms with Gasteiger partial charge in [-0.2, -0.15) is 0 Å². The molecule has 3 aliphatic heterocycles. The van der Waals surface area contributed by atoms with Gasteiger partial charge in [0.15, 0.2) is 0 Å². The lowest BCUT2D eigenvalue weighted by Gasteiger charge is -2.39. The summed E-state index contributed by atoms with van der Waals surface area (Å²) < 4.78 is 17.6. The van der Waals surface area contributed by atoms with Crippen molar-refractivity contribution in [1.29, 1.82) is 0 Å². The van der Waals surface area contributed by atoms with Crippen LogP contribution in [0.15, 0.2) is 67.3 Å². The average molecular weight is 563 g/mol. The van der Waals surface area contributed by atoms with E-state index < -0.39 is 53.6 Å². The number of likely N-dealkylation sites (tertiary alicyclic amines) is 1. The molecule has 3 aliphatic rings. The predicted molar refractivity (Wildman–Crippen MR) is 152 cm³/mol. The van der Waals surface area contributed by atoms with E-state index in [0.717, 1.165) is 0 Å². The topological polar surface area (TPSA) is 106 Å². The molecular formula is C32H38N2O7. The van der Waals surface area contributed by atoms with E-state index in [2.05, 4.69) is 6.58 Å². The summed E-state index contributed by atoms with van der Waals surface area (Å²) in [4.78, 5) is 45.8. The van der Waals surface area contributed by atoms with Gasteiger partial charge in [-0.3, -0.25) is 14.4 Å². The molecule has 0 aromatic heterocycles. The molecule has 2 aromatic rings. The number of esters is 1. The fraction of sp³-hybridized carbons (Fsp3) is 0.469. The molecule has 7 atom stereocenters. The zero-order valence-electron chi connectivity index (χ0n) is 24.0. The van der Waals surface area contributed by atoms with E-state index in [-0.39, 0.29) is 25.0 Å². The maximum atomic E-state index is 14.8. The first-order valence-electron chi connectivity index (χ1n) is 14.1. The molecule has 3 unspecified atom stereocenters. The predicted octanol–water partition coefficient (Wildman–Crippen LogP) is 3.52. The molecule has 0 saturated carbocycles. The largest absolute Gasteiger partial charge is 0.497 e. The lowest BCUT2D eigenvalue weighted by Crippen LogP contribution is -2.57. The van der Waals surface area contributed by atoms with Crippen LogP contribution in [0.1, 0.15) is 38.8 Å². The number of ether oxygens (including phenoxy) is 3. The van der Waals surface area contributed by atoms with Crippen LogP contribution >= 0.6 is 0 Å². The number of amides is 2. The van der Waals surface area contributed by atoms with Gasteiger partial charge in [0, 0.05) is 12.2 Å². The Morgan fingerprint density at radius 1 is 1.22 bits per heavy atom. The zero-order chi connectivity index (χ0) is 29.5. The number of aliphatic hydroxyl groups is 1. The number of benzene rings is 2. The number of rotatable bonds is 10. The monoisotopic (exact) mass is 562 g/mol. The lowest BCUT2D eigenvalue weighted by atomic mass is 9.62. The van der Waals surface area contributed by atoms with Crippen LogP contribution in [-0.2, 0) is 23.9 Å². The first-order chi connectivity index (χ1) is 19.7. The number of fused-ring (bicyclic) bond motifs is 1. The molecule has 1 spiro atoms. The molecule has 41 heavy (non-hydrogen) atoms. The Balaban J connectivity index is 1.68. The molecular weight excluding hydrogens is 524 g/mol. The summed E-state index contributed by atoms with van der Waals surface area (Å²) in [5, 5.41) is 10.7. The van der Waals surface area contributed by atoms with Crippen LogP contribution in [0.5, 0.6) is 5.75 Å². The van der Waals surface area contributed by atoms with Gasteiger partial charge < -0.3 is 29.1 Å². The minimum atomic E-state index is -1.28. The van der Waals surface area contributed by atoms with E-state index in [1.807, 2.05) is 44.2 Å². The highest BCUT2D eigenvalue weighted by Gasteiger charge is 2.80. The maximum absolute atomic E-state index is 14.8. The van der Waals surface area contributed by atoms with E-state index in [4.69, 9.17) is 14.2 Å². The Morgan fingerprint density at radius 2 is 1.90 bits per heavy atom. The number of carbonyl (C=O) groups excluding carboxylic acids is 3. The van der Waals surface area contributed by atoms with Crippen molar-refractivity contribution < 1.29 is 33.7 Å². The van der Waals surface area contributed by atoms with Crippen LogP contribution in [0.2, 0.25) is 0 Å². The minimum Gasteiger partial charge on any atom is -0.497 e. The second-order valence-corrected chi connectivity index (χ2v) is 11.2. The molecule has 3 fully saturated rings. The molecule has 3 heterocycles. The summed E-state index contributed by atoms with van der Waals surface area (Å²) in [6.07, 6.45) is 2.03. The Bertz CT molecular complexity index is 1320. The Labute approximate surface area is 240 Å². The second-order valence-electron chi connectivity index (χ2n) is 11.2. The number of methoxy groups -OCH3 is 1. The van der Waals surface area contributed by atoms with Crippen LogP contribution < -0.4 is 9.64 Å². The summed E-state index contributed by atoms with van der Waals surface area (Å²) in [5.41, 5.74) is -0.994. The number of hydrogen-bond donors (Lipinski definition) is 1. The Morgan fingerprint density at radius 3 is 2.49 bits per heavy atom. The van der Waals surface area contributed by atoms with Crippen molar-refractivity contribution in [2.75, 3.05) is 31.8 Å². The third-order valence-corrected chi connectivity index (χ3v) is 9.18. The number of nitrogens with zero attached hydrogens (tertiary/aromatic N) is 2. The van der Waals surface area contributed by atoms with Gasteiger partial charge in [-0.05, 0) is 56.0 Å². The molecule has 0 aliphatic carbocycles. The fourth-order valence-corrected chi connectivity index (χ4v) is 7.27. The van der Waals surface area contributed by atoms with Gasteiger partial charge in [-0.25, -0.2) is 0 Å². The first kappa shape index (κ1) is 28.8. The third-order valence-electron chi connectivity index (χ3n) is 9.18. The highest BCUT2D eigenvalue weighted by Crippen LogP contribution is 2.66. The Kier molecular flexibility index (Phi) is 7.70. The molecule has 2 amide bonds. The normalized spacial score (nSPS) is 30.6. The van der Waals surface area contributed by atoms with Crippen molar-refractivity contribution in [1.82, 2.24) is 4.90 Å². The van der Waals surface area contributed by atoms with Crippen molar-refractivity contribution >= 4 is 23.5 Å². The van der Waals surface area contributed by atoms with Crippen LogP contribution in [0.25, 0.3) is 0 Å². The van der Waals surface area contributed by atoms with Gasteiger partial charge in [0.2, 0.25) is 5.91 Å². The maximum Gasteiger partial charge on any atom is 0.312 e. The van der Waals surface area contributed by atoms with Gasteiger partial charge in [0.25, 0.3) is 5.91 Å². The van der Waals surface area contributed by atoms with Crippen LogP contribution in [-0.4, -0.2) is 71.9 Å².